The van der Waals surface area contributed by atoms with E-state index in [0.29, 0.717) is 18.0 Å². The fourth-order valence-corrected chi connectivity index (χ4v) is 4.72. The summed E-state index contributed by atoms with van der Waals surface area (Å²) >= 11 is 0. The molecule has 1 amide bonds. The number of piperazine rings is 1. The summed E-state index contributed by atoms with van der Waals surface area (Å²) in [5.74, 6) is 0.174. The monoisotopic (exact) mass is 387 g/mol. The van der Waals surface area contributed by atoms with Crippen molar-refractivity contribution in [2.75, 3.05) is 26.2 Å². The number of carbonyl (C=O) groups is 1. The van der Waals surface area contributed by atoms with Crippen molar-refractivity contribution in [1.82, 2.24) is 14.8 Å². The second kappa shape index (κ2) is 7.16. The van der Waals surface area contributed by atoms with Gasteiger partial charge in [-0.05, 0) is 53.6 Å². The van der Waals surface area contributed by atoms with Crippen LogP contribution in [-0.2, 0) is 17.6 Å². The molecule has 1 atom stereocenters. The van der Waals surface area contributed by atoms with E-state index in [1.165, 1.54) is 11.1 Å². The van der Waals surface area contributed by atoms with Crippen molar-refractivity contribution in [1.29, 1.82) is 0 Å². The molecule has 1 unspecified atom stereocenters. The third-order valence-electron chi connectivity index (χ3n) is 6.38. The number of aryl methyl sites for hydroxylation is 1. The van der Waals surface area contributed by atoms with Gasteiger partial charge in [-0.15, -0.1) is 0 Å². The number of amides is 1. The number of hydrogen-bond acceptors (Lipinski definition) is 3. The van der Waals surface area contributed by atoms with Gasteiger partial charge in [-0.1, -0.05) is 30.3 Å². The molecule has 3 aromatic rings. The highest BCUT2D eigenvalue weighted by atomic mass is 16.2. The lowest BCUT2D eigenvalue weighted by Crippen LogP contribution is -2.52. The Morgan fingerprint density at radius 1 is 1.10 bits per heavy atom. The first-order valence-corrected chi connectivity index (χ1v) is 10.3. The Hall–Kier alpha value is -2.92. The maximum atomic E-state index is 13.1. The van der Waals surface area contributed by atoms with Crippen molar-refractivity contribution in [3.05, 3.63) is 81.1 Å². The summed E-state index contributed by atoms with van der Waals surface area (Å²) < 4.78 is 0. The standard InChI is InChI=1S/C24H25N3O2/c1-16-12-19-13-17(6-7-21(19)25-24(16)29)14-23(28)27-11-10-26-9-8-18-4-2-3-5-20(18)22(26)15-27/h2-7,12-13,22H,8-11,14-15H2,1H3,(H,25,29). The highest BCUT2D eigenvalue weighted by Crippen LogP contribution is 2.32. The number of carbonyl (C=O) groups excluding carboxylic acids is 1. The second-order valence-corrected chi connectivity index (χ2v) is 8.22. The van der Waals surface area contributed by atoms with E-state index in [9.17, 15) is 9.59 Å². The number of nitrogens with one attached hydrogen (secondary N) is 1. The van der Waals surface area contributed by atoms with Crippen molar-refractivity contribution in [3.63, 3.8) is 0 Å². The van der Waals surface area contributed by atoms with Crippen LogP contribution in [0.5, 0.6) is 0 Å². The average Bonchev–Trinajstić information content (AvgIpc) is 2.74. The Bertz CT molecular complexity index is 1150. The molecule has 0 bridgehead atoms. The van der Waals surface area contributed by atoms with E-state index in [1.54, 1.807) is 6.92 Å². The van der Waals surface area contributed by atoms with E-state index in [-0.39, 0.29) is 11.5 Å². The summed E-state index contributed by atoms with van der Waals surface area (Å²) in [7, 11) is 0. The van der Waals surface area contributed by atoms with Gasteiger partial charge < -0.3 is 9.88 Å². The van der Waals surface area contributed by atoms with Gasteiger partial charge in [0.15, 0.2) is 0 Å². The van der Waals surface area contributed by atoms with Crippen molar-refractivity contribution in [2.45, 2.75) is 25.8 Å². The van der Waals surface area contributed by atoms with E-state index >= 15 is 0 Å². The Kier molecular flexibility index (Phi) is 4.47. The lowest BCUT2D eigenvalue weighted by Gasteiger charge is -2.45. The summed E-state index contributed by atoms with van der Waals surface area (Å²) in [6.07, 6.45) is 1.49. The minimum absolute atomic E-state index is 0.0630. The first-order valence-electron chi connectivity index (χ1n) is 10.3. The highest BCUT2D eigenvalue weighted by Gasteiger charge is 2.33. The Morgan fingerprint density at radius 2 is 1.97 bits per heavy atom. The molecule has 0 spiro atoms. The fourth-order valence-electron chi connectivity index (χ4n) is 4.72. The first-order chi connectivity index (χ1) is 14.1. The molecule has 0 radical (unpaired) electrons. The van der Waals surface area contributed by atoms with E-state index in [0.717, 1.165) is 49.1 Å². The molecule has 29 heavy (non-hydrogen) atoms. The zero-order chi connectivity index (χ0) is 20.0. The molecule has 3 heterocycles. The molecule has 1 fully saturated rings. The molecule has 5 nitrogen and oxygen atoms in total. The zero-order valence-corrected chi connectivity index (χ0v) is 16.6. The molecule has 0 saturated carbocycles. The van der Waals surface area contributed by atoms with Crippen molar-refractivity contribution in [3.8, 4) is 0 Å². The number of benzene rings is 2. The molecule has 1 aromatic heterocycles. The average molecular weight is 387 g/mol. The van der Waals surface area contributed by atoms with Crippen LogP contribution in [0, 0.1) is 6.92 Å². The molecule has 5 rings (SSSR count). The molecular formula is C24H25N3O2. The molecule has 2 aromatic carbocycles. The minimum Gasteiger partial charge on any atom is -0.339 e. The SMILES string of the molecule is Cc1cc2cc(CC(=O)N3CCN4CCc5ccccc5C4C3)ccc2[nH]c1=O. The summed E-state index contributed by atoms with van der Waals surface area (Å²) in [5.41, 5.74) is 5.22. The van der Waals surface area contributed by atoms with Crippen LogP contribution in [0.1, 0.15) is 28.3 Å². The van der Waals surface area contributed by atoms with Crippen molar-refractivity contribution in [2.24, 2.45) is 0 Å². The normalized spacial score (nSPS) is 19.1. The molecule has 148 valence electrons. The minimum atomic E-state index is -0.0630. The number of hydrogen-bond donors (Lipinski definition) is 1. The van der Waals surface area contributed by atoms with Gasteiger partial charge in [0.05, 0.1) is 12.5 Å². The highest BCUT2D eigenvalue weighted by molar-refractivity contribution is 5.83. The summed E-state index contributed by atoms with van der Waals surface area (Å²) in [6, 6.07) is 16.7. The first kappa shape index (κ1) is 18.1. The Labute approximate surface area is 170 Å². The van der Waals surface area contributed by atoms with E-state index in [2.05, 4.69) is 34.1 Å². The van der Waals surface area contributed by atoms with Gasteiger partial charge in [0.2, 0.25) is 5.91 Å². The fraction of sp³-hybridized carbons (Fsp3) is 0.333. The predicted molar refractivity (Wildman–Crippen MR) is 114 cm³/mol. The largest absolute Gasteiger partial charge is 0.339 e. The van der Waals surface area contributed by atoms with Crippen LogP contribution in [0.4, 0.5) is 0 Å². The van der Waals surface area contributed by atoms with Crippen LogP contribution in [0.15, 0.2) is 53.3 Å². The maximum Gasteiger partial charge on any atom is 0.251 e. The molecule has 1 N–H and O–H groups in total. The summed E-state index contributed by atoms with van der Waals surface area (Å²) in [4.78, 5) is 32.3. The number of rotatable bonds is 2. The molecule has 2 aliphatic rings. The van der Waals surface area contributed by atoms with Gasteiger partial charge in [-0.3, -0.25) is 14.5 Å². The number of aromatic nitrogens is 1. The van der Waals surface area contributed by atoms with Crippen LogP contribution in [0.2, 0.25) is 0 Å². The Morgan fingerprint density at radius 3 is 2.86 bits per heavy atom. The second-order valence-electron chi connectivity index (χ2n) is 8.22. The molecule has 5 heteroatoms. The van der Waals surface area contributed by atoms with Crippen LogP contribution in [-0.4, -0.2) is 46.9 Å². The van der Waals surface area contributed by atoms with Gasteiger partial charge in [0.25, 0.3) is 5.56 Å². The number of pyridine rings is 1. The Balaban J connectivity index is 1.35. The van der Waals surface area contributed by atoms with Gasteiger partial charge in [-0.2, -0.15) is 0 Å². The summed E-state index contributed by atoms with van der Waals surface area (Å²) in [6.45, 7) is 5.36. The third kappa shape index (κ3) is 3.36. The molecular weight excluding hydrogens is 362 g/mol. The maximum absolute atomic E-state index is 13.1. The molecule has 1 saturated heterocycles. The van der Waals surface area contributed by atoms with Crippen LogP contribution >= 0.6 is 0 Å². The van der Waals surface area contributed by atoms with Crippen LogP contribution < -0.4 is 5.56 Å². The van der Waals surface area contributed by atoms with Gasteiger partial charge in [0.1, 0.15) is 0 Å². The van der Waals surface area contributed by atoms with Crippen LogP contribution in [0.25, 0.3) is 10.9 Å². The lowest BCUT2D eigenvalue weighted by molar-refractivity contribution is -0.133. The van der Waals surface area contributed by atoms with Crippen molar-refractivity contribution < 1.29 is 4.79 Å². The number of fused-ring (bicyclic) bond motifs is 4. The van der Waals surface area contributed by atoms with Gasteiger partial charge >= 0.3 is 0 Å². The van der Waals surface area contributed by atoms with E-state index < -0.39 is 0 Å². The smallest absolute Gasteiger partial charge is 0.251 e. The quantitative estimate of drug-likeness (QED) is 0.736. The number of aromatic amines is 1. The molecule has 0 aliphatic carbocycles. The van der Waals surface area contributed by atoms with Crippen LogP contribution in [0.3, 0.4) is 0 Å². The predicted octanol–water partition coefficient (Wildman–Crippen LogP) is 2.82. The molecule has 2 aliphatic heterocycles. The third-order valence-corrected chi connectivity index (χ3v) is 6.38. The van der Waals surface area contributed by atoms with Gasteiger partial charge in [-0.25, -0.2) is 0 Å². The van der Waals surface area contributed by atoms with E-state index in [4.69, 9.17) is 0 Å². The number of H-pyrrole nitrogens is 1. The topological polar surface area (TPSA) is 56.4 Å². The number of nitrogens with zero attached hydrogens (tertiary/aromatic N) is 2. The van der Waals surface area contributed by atoms with Gasteiger partial charge in [0, 0.05) is 37.3 Å². The zero-order valence-electron chi connectivity index (χ0n) is 16.6. The summed E-state index contributed by atoms with van der Waals surface area (Å²) in [5, 5.41) is 0.971. The van der Waals surface area contributed by atoms with Crippen molar-refractivity contribution >= 4 is 16.8 Å². The van der Waals surface area contributed by atoms with E-state index in [1.807, 2.05) is 29.2 Å². The lowest BCUT2D eigenvalue weighted by atomic mass is 9.91.